The predicted molar refractivity (Wildman–Crippen MR) is 133 cm³/mol. The zero-order valence-corrected chi connectivity index (χ0v) is 19.9. The third-order valence-corrected chi connectivity index (χ3v) is 6.35. The maximum absolute atomic E-state index is 14.6. The average molecular weight is 524 g/mol. The standard InChI is InChI=1S/C25H19BrFN3O2S/c1-31-17-6-4-5-16(14-17)30-24(23(29-25(30)33)20-7-2-3-12-28-20)22-11-10-21(32-22)18-9-8-15(26)13-19(18)27/h2-14,23-24H,1H3,(H,29,33)/t23-,24+/m0/s1. The molecular weight excluding hydrogens is 505 g/mol. The molecule has 5 nitrogen and oxygen atoms in total. The van der Waals surface area contributed by atoms with Crippen molar-refractivity contribution in [3.05, 3.63) is 101 Å². The second kappa shape index (κ2) is 8.96. The second-order valence-corrected chi connectivity index (χ2v) is 8.83. The lowest BCUT2D eigenvalue weighted by Crippen LogP contribution is -2.29. The molecule has 3 heterocycles. The van der Waals surface area contributed by atoms with Crippen molar-refractivity contribution < 1.29 is 13.5 Å². The van der Waals surface area contributed by atoms with E-state index in [2.05, 4.69) is 26.2 Å². The lowest BCUT2D eigenvalue weighted by molar-refractivity contribution is 0.414. The first-order chi connectivity index (χ1) is 16.0. The van der Waals surface area contributed by atoms with Crippen LogP contribution in [0, 0.1) is 5.82 Å². The lowest BCUT2D eigenvalue weighted by Gasteiger charge is -2.26. The molecule has 2 aromatic heterocycles. The molecule has 0 saturated carbocycles. The van der Waals surface area contributed by atoms with Gasteiger partial charge in [-0.25, -0.2) is 4.39 Å². The molecule has 0 aliphatic carbocycles. The number of halogens is 2. The Morgan fingerprint density at radius 1 is 1.09 bits per heavy atom. The highest BCUT2D eigenvalue weighted by Gasteiger charge is 2.42. The molecule has 5 rings (SSSR count). The maximum atomic E-state index is 14.6. The van der Waals surface area contributed by atoms with E-state index in [4.69, 9.17) is 21.4 Å². The van der Waals surface area contributed by atoms with Crippen molar-refractivity contribution in [2.24, 2.45) is 0 Å². The Kier molecular flexibility index (Phi) is 5.86. The molecule has 33 heavy (non-hydrogen) atoms. The van der Waals surface area contributed by atoms with Crippen molar-refractivity contribution in [1.82, 2.24) is 10.3 Å². The Labute approximate surface area is 204 Å². The summed E-state index contributed by atoms with van der Waals surface area (Å²) in [6.07, 6.45) is 1.75. The van der Waals surface area contributed by atoms with Gasteiger partial charge in [0.05, 0.1) is 24.4 Å². The molecule has 8 heteroatoms. The molecule has 4 aromatic rings. The van der Waals surface area contributed by atoms with E-state index >= 15 is 0 Å². The summed E-state index contributed by atoms with van der Waals surface area (Å²) in [5.41, 5.74) is 2.06. The molecule has 0 unspecified atom stereocenters. The van der Waals surface area contributed by atoms with Crippen LogP contribution in [-0.4, -0.2) is 17.2 Å². The summed E-state index contributed by atoms with van der Waals surface area (Å²) < 4.78 is 26.9. The monoisotopic (exact) mass is 523 g/mol. The number of methoxy groups -OCH3 is 1. The highest BCUT2D eigenvalue weighted by atomic mass is 79.9. The normalized spacial score (nSPS) is 17.8. The summed E-state index contributed by atoms with van der Waals surface area (Å²) in [5, 5.41) is 3.93. The van der Waals surface area contributed by atoms with Crippen LogP contribution in [0.5, 0.6) is 5.75 Å². The molecule has 1 N–H and O–H groups in total. The molecule has 0 bridgehead atoms. The number of nitrogens with one attached hydrogen (secondary N) is 1. The minimum atomic E-state index is -0.365. The first-order valence-corrected chi connectivity index (χ1v) is 11.4. The first-order valence-electron chi connectivity index (χ1n) is 10.2. The van der Waals surface area contributed by atoms with Crippen molar-refractivity contribution in [3.8, 4) is 17.1 Å². The number of pyridine rings is 1. The van der Waals surface area contributed by atoms with Gasteiger partial charge in [0.2, 0.25) is 0 Å². The Morgan fingerprint density at radius 3 is 2.73 bits per heavy atom. The van der Waals surface area contributed by atoms with E-state index in [0.29, 0.717) is 32.4 Å². The molecule has 0 spiro atoms. The van der Waals surface area contributed by atoms with Gasteiger partial charge in [-0.2, -0.15) is 0 Å². The molecule has 0 radical (unpaired) electrons. The molecule has 1 saturated heterocycles. The van der Waals surface area contributed by atoms with Crippen molar-refractivity contribution in [3.63, 3.8) is 0 Å². The molecule has 166 valence electrons. The fourth-order valence-electron chi connectivity index (χ4n) is 4.03. The topological polar surface area (TPSA) is 50.5 Å². The molecule has 1 aliphatic heterocycles. The van der Waals surface area contributed by atoms with E-state index < -0.39 is 0 Å². The van der Waals surface area contributed by atoms with Crippen molar-refractivity contribution in [1.29, 1.82) is 0 Å². The van der Waals surface area contributed by atoms with Crippen LogP contribution in [0.3, 0.4) is 0 Å². The molecular formula is C25H19BrFN3O2S. The summed E-state index contributed by atoms with van der Waals surface area (Å²) in [6.45, 7) is 0. The summed E-state index contributed by atoms with van der Waals surface area (Å²) in [6, 6.07) is 21.3. The fourth-order valence-corrected chi connectivity index (χ4v) is 4.71. The van der Waals surface area contributed by atoms with Gasteiger partial charge in [0.1, 0.15) is 29.1 Å². The van der Waals surface area contributed by atoms with Crippen LogP contribution in [-0.2, 0) is 0 Å². The number of hydrogen-bond donors (Lipinski definition) is 1. The first kappa shape index (κ1) is 21.6. The van der Waals surface area contributed by atoms with E-state index in [1.54, 1.807) is 31.5 Å². The number of benzene rings is 2. The predicted octanol–water partition coefficient (Wildman–Crippen LogP) is 6.43. The van der Waals surface area contributed by atoms with Crippen molar-refractivity contribution in [2.75, 3.05) is 12.0 Å². The largest absolute Gasteiger partial charge is 0.497 e. The van der Waals surface area contributed by atoms with Gasteiger partial charge in [0.25, 0.3) is 0 Å². The smallest absolute Gasteiger partial charge is 0.174 e. The summed E-state index contributed by atoms with van der Waals surface area (Å²) in [4.78, 5) is 6.53. The average Bonchev–Trinajstić information content (AvgIpc) is 3.44. The van der Waals surface area contributed by atoms with Crippen LogP contribution in [0.4, 0.5) is 10.1 Å². The van der Waals surface area contributed by atoms with E-state index in [-0.39, 0.29) is 17.9 Å². The van der Waals surface area contributed by atoms with Gasteiger partial charge in [-0.1, -0.05) is 28.1 Å². The quantitative estimate of drug-likeness (QED) is 0.304. The number of aromatic nitrogens is 1. The number of anilines is 1. The van der Waals surface area contributed by atoms with E-state index in [1.807, 2.05) is 53.4 Å². The van der Waals surface area contributed by atoms with Gasteiger partial charge in [0.15, 0.2) is 5.11 Å². The number of thiocarbonyl (C=S) groups is 1. The van der Waals surface area contributed by atoms with Gasteiger partial charge in [0, 0.05) is 22.4 Å². The zero-order chi connectivity index (χ0) is 22.9. The molecule has 1 fully saturated rings. The Bertz CT molecular complexity index is 1310. The van der Waals surface area contributed by atoms with Gasteiger partial charge in [-0.15, -0.1) is 0 Å². The van der Waals surface area contributed by atoms with Crippen LogP contribution in [0.15, 0.2) is 87.9 Å². The van der Waals surface area contributed by atoms with E-state index in [9.17, 15) is 4.39 Å². The van der Waals surface area contributed by atoms with Gasteiger partial charge in [-0.3, -0.25) is 4.98 Å². The molecule has 2 aromatic carbocycles. The SMILES string of the molecule is COc1cccc(N2C(=S)N[C@@H](c3ccccn3)[C@H]2c2ccc(-c3ccc(Br)cc3F)o2)c1. The van der Waals surface area contributed by atoms with Gasteiger partial charge < -0.3 is 19.4 Å². The second-order valence-electron chi connectivity index (χ2n) is 7.52. The number of hydrogen-bond acceptors (Lipinski definition) is 4. The fraction of sp³-hybridized carbons (Fsp3) is 0.120. The maximum Gasteiger partial charge on any atom is 0.174 e. The minimum Gasteiger partial charge on any atom is -0.497 e. The van der Waals surface area contributed by atoms with Crippen molar-refractivity contribution >= 4 is 38.9 Å². The summed E-state index contributed by atoms with van der Waals surface area (Å²) in [5.74, 6) is 1.43. The third-order valence-electron chi connectivity index (χ3n) is 5.54. The third kappa shape index (κ3) is 4.12. The highest BCUT2D eigenvalue weighted by Crippen LogP contribution is 2.43. The van der Waals surface area contributed by atoms with Crippen LogP contribution < -0.4 is 15.0 Å². The van der Waals surface area contributed by atoms with Gasteiger partial charge >= 0.3 is 0 Å². The number of furan rings is 1. The Hall–Kier alpha value is -3.23. The lowest BCUT2D eigenvalue weighted by atomic mass is 10.0. The Morgan fingerprint density at radius 2 is 1.97 bits per heavy atom. The van der Waals surface area contributed by atoms with Crippen LogP contribution in [0.2, 0.25) is 0 Å². The molecule has 0 amide bonds. The van der Waals surface area contributed by atoms with E-state index in [0.717, 1.165) is 11.4 Å². The summed E-state index contributed by atoms with van der Waals surface area (Å²) >= 11 is 9.03. The van der Waals surface area contributed by atoms with Gasteiger partial charge in [-0.05, 0) is 66.8 Å². The van der Waals surface area contributed by atoms with Crippen LogP contribution in [0.1, 0.15) is 23.5 Å². The summed E-state index contributed by atoms with van der Waals surface area (Å²) in [7, 11) is 1.62. The van der Waals surface area contributed by atoms with Crippen LogP contribution in [0.25, 0.3) is 11.3 Å². The number of rotatable bonds is 5. The molecule has 2 atom stereocenters. The number of nitrogens with zero attached hydrogens (tertiary/aromatic N) is 2. The zero-order valence-electron chi connectivity index (χ0n) is 17.5. The van der Waals surface area contributed by atoms with Crippen molar-refractivity contribution in [2.45, 2.75) is 12.1 Å². The Balaban J connectivity index is 1.61. The molecule has 1 aliphatic rings. The van der Waals surface area contributed by atoms with Crippen LogP contribution >= 0.6 is 28.1 Å². The highest BCUT2D eigenvalue weighted by molar-refractivity contribution is 9.10. The minimum absolute atomic E-state index is 0.265. The number of ether oxygens (including phenoxy) is 1. The van der Waals surface area contributed by atoms with E-state index in [1.165, 1.54) is 6.07 Å².